The molecule has 0 radical (unpaired) electrons. The molecule has 0 aromatic heterocycles. The van der Waals surface area contributed by atoms with Crippen LogP contribution in [-0.2, 0) is 0 Å². The first-order chi connectivity index (χ1) is 14.5. The summed E-state index contributed by atoms with van der Waals surface area (Å²) in [7, 11) is 1.91. The SMILES string of the molecule is CN(CCO)c1ccc(/N=N/c2ccc(N=Nc3ccc([N+](=O)[O-])cc3)cc2)cc1. The van der Waals surface area contributed by atoms with Crippen molar-refractivity contribution < 1.29 is 10.0 Å². The first-order valence-corrected chi connectivity index (χ1v) is 9.15. The van der Waals surface area contributed by atoms with Gasteiger partial charge < -0.3 is 10.0 Å². The van der Waals surface area contributed by atoms with E-state index in [2.05, 4.69) is 20.5 Å². The van der Waals surface area contributed by atoms with Gasteiger partial charge in [-0.2, -0.15) is 20.5 Å². The van der Waals surface area contributed by atoms with E-state index in [1.165, 1.54) is 24.3 Å². The second-order valence-electron chi connectivity index (χ2n) is 6.35. The van der Waals surface area contributed by atoms with Crippen molar-refractivity contribution in [3.63, 3.8) is 0 Å². The van der Waals surface area contributed by atoms with E-state index < -0.39 is 4.92 Å². The molecule has 0 saturated heterocycles. The van der Waals surface area contributed by atoms with E-state index in [1.807, 2.05) is 36.2 Å². The molecule has 0 spiro atoms. The average Bonchev–Trinajstić information content (AvgIpc) is 2.78. The quantitative estimate of drug-likeness (QED) is 0.288. The van der Waals surface area contributed by atoms with Gasteiger partial charge >= 0.3 is 0 Å². The first kappa shape index (κ1) is 20.7. The van der Waals surface area contributed by atoms with Crippen LogP contribution in [-0.4, -0.2) is 30.2 Å². The van der Waals surface area contributed by atoms with Crippen molar-refractivity contribution in [2.75, 3.05) is 25.1 Å². The number of aliphatic hydroxyl groups excluding tert-OH is 1. The average molecular weight is 404 g/mol. The maximum absolute atomic E-state index is 10.7. The number of non-ortho nitro benzene ring substituents is 1. The Labute approximate surface area is 173 Å². The minimum Gasteiger partial charge on any atom is -0.395 e. The molecule has 30 heavy (non-hydrogen) atoms. The van der Waals surface area contributed by atoms with Crippen LogP contribution in [0.5, 0.6) is 0 Å². The zero-order chi connectivity index (χ0) is 21.3. The van der Waals surface area contributed by atoms with E-state index in [0.29, 0.717) is 23.6 Å². The summed E-state index contributed by atoms with van der Waals surface area (Å²) in [5, 5.41) is 36.3. The summed E-state index contributed by atoms with van der Waals surface area (Å²) in [4.78, 5) is 12.1. The molecule has 1 N–H and O–H groups in total. The van der Waals surface area contributed by atoms with E-state index in [4.69, 9.17) is 5.11 Å². The third-order valence-electron chi connectivity index (χ3n) is 4.20. The molecule has 0 amide bonds. The highest BCUT2D eigenvalue weighted by Crippen LogP contribution is 2.25. The van der Waals surface area contributed by atoms with Crippen LogP contribution in [0.25, 0.3) is 0 Å². The monoisotopic (exact) mass is 404 g/mol. The molecule has 0 fully saturated rings. The number of aliphatic hydroxyl groups is 1. The topological polar surface area (TPSA) is 116 Å². The molecule has 0 saturated carbocycles. The number of nitro groups is 1. The summed E-state index contributed by atoms with van der Waals surface area (Å²) >= 11 is 0. The number of rotatable bonds is 8. The van der Waals surface area contributed by atoms with E-state index in [1.54, 1.807) is 24.3 Å². The second-order valence-corrected chi connectivity index (χ2v) is 6.35. The van der Waals surface area contributed by atoms with Crippen molar-refractivity contribution >= 4 is 34.1 Å². The molecule has 152 valence electrons. The lowest BCUT2D eigenvalue weighted by Gasteiger charge is -2.17. The molecule has 0 aliphatic carbocycles. The van der Waals surface area contributed by atoms with Gasteiger partial charge in [-0.05, 0) is 60.7 Å². The van der Waals surface area contributed by atoms with E-state index in [0.717, 1.165) is 11.4 Å². The van der Waals surface area contributed by atoms with Crippen LogP contribution in [0.1, 0.15) is 0 Å². The van der Waals surface area contributed by atoms with Crippen molar-refractivity contribution in [2.45, 2.75) is 0 Å². The van der Waals surface area contributed by atoms with Gasteiger partial charge in [-0.15, -0.1) is 0 Å². The molecular weight excluding hydrogens is 384 g/mol. The smallest absolute Gasteiger partial charge is 0.269 e. The van der Waals surface area contributed by atoms with Crippen molar-refractivity contribution in [1.29, 1.82) is 0 Å². The number of hydrogen-bond donors (Lipinski definition) is 1. The van der Waals surface area contributed by atoms with Crippen molar-refractivity contribution in [3.05, 3.63) is 82.9 Å². The minimum absolute atomic E-state index is 0.00971. The molecule has 0 atom stereocenters. The fourth-order valence-corrected chi connectivity index (χ4v) is 2.51. The minimum atomic E-state index is -0.460. The van der Waals surface area contributed by atoms with Crippen LogP contribution >= 0.6 is 0 Å². The molecule has 0 aliphatic heterocycles. The molecule has 9 nitrogen and oxygen atoms in total. The summed E-state index contributed by atoms with van der Waals surface area (Å²) in [5.74, 6) is 0. The summed E-state index contributed by atoms with van der Waals surface area (Å²) in [5.41, 5.74) is 3.55. The third-order valence-corrected chi connectivity index (χ3v) is 4.20. The molecule has 3 rings (SSSR count). The Bertz CT molecular complexity index is 1030. The second kappa shape index (κ2) is 9.99. The lowest BCUT2D eigenvalue weighted by molar-refractivity contribution is -0.384. The van der Waals surface area contributed by atoms with E-state index in [9.17, 15) is 10.1 Å². The van der Waals surface area contributed by atoms with Gasteiger partial charge in [0, 0.05) is 31.4 Å². The molecule has 3 aromatic carbocycles. The van der Waals surface area contributed by atoms with Crippen LogP contribution in [0.2, 0.25) is 0 Å². The Kier molecular flexibility index (Phi) is 6.91. The molecule has 0 heterocycles. The lowest BCUT2D eigenvalue weighted by Crippen LogP contribution is -2.20. The van der Waals surface area contributed by atoms with Crippen molar-refractivity contribution in [2.24, 2.45) is 20.5 Å². The van der Waals surface area contributed by atoms with Gasteiger partial charge in [0.25, 0.3) is 5.69 Å². The Morgan fingerprint density at radius 3 is 1.50 bits per heavy atom. The molecule has 0 bridgehead atoms. The standard InChI is InChI=1S/C21H20N6O3/c1-26(14-15-28)20-10-6-18(7-11-20)24-22-16-2-4-17(5-3-16)23-25-19-8-12-21(13-9-19)27(29)30/h2-13,28H,14-15H2,1H3/b24-22+,25-23?. The van der Waals surface area contributed by atoms with Gasteiger partial charge in [0.2, 0.25) is 0 Å². The Morgan fingerprint density at radius 2 is 1.13 bits per heavy atom. The Balaban J connectivity index is 1.60. The summed E-state index contributed by atoms with van der Waals surface area (Å²) in [6.45, 7) is 0.663. The van der Waals surface area contributed by atoms with Crippen LogP contribution in [0.4, 0.5) is 34.1 Å². The van der Waals surface area contributed by atoms with E-state index >= 15 is 0 Å². The highest BCUT2D eigenvalue weighted by Gasteiger charge is 2.03. The highest BCUT2D eigenvalue weighted by molar-refractivity contribution is 5.53. The predicted octanol–water partition coefficient (Wildman–Crippen LogP) is 5.85. The van der Waals surface area contributed by atoms with Crippen LogP contribution in [0.3, 0.4) is 0 Å². The number of anilines is 1. The fraction of sp³-hybridized carbons (Fsp3) is 0.143. The van der Waals surface area contributed by atoms with Crippen molar-refractivity contribution in [3.8, 4) is 0 Å². The Hall–Kier alpha value is -3.98. The van der Waals surface area contributed by atoms with Gasteiger partial charge in [-0.3, -0.25) is 10.1 Å². The first-order valence-electron chi connectivity index (χ1n) is 9.15. The molecule has 3 aromatic rings. The maximum atomic E-state index is 10.7. The van der Waals surface area contributed by atoms with Crippen LogP contribution in [0, 0.1) is 10.1 Å². The number of azo groups is 2. The predicted molar refractivity (Wildman–Crippen MR) is 115 cm³/mol. The van der Waals surface area contributed by atoms with Gasteiger partial charge in [0.05, 0.1) is 34.3 Å². The number of hydrogen-bond acceptors (Lipinski definition) is 8. The maximum Gasteiger partial charge on any atom is 0.269 e. The van der Waals surface area contributed by atoms with Gasteiger partial charge in [0.1, 0.15) is 0 Å². The lowest BCUT2D eigenvalue weighted by atomic mass is 10.2. The zero-order valence-corrected chi connectivity index (χ0v) is 16.3. The largest absolute Gasteiger partial charge is 0.395 e. The van der Waals surface area contributed by atoms with Crippen LogP contribution < -0.4 is 4.90 Å². The highest BCUT2D eigenvalue weighted by atomic mass is 16.6. The number of benzene rings is 3. The zero-order valence-electron chi connectivity index (χ0n) is 16.3. The summed E-state index contributed by atoms with van der Waals surface area (Å²) < 4.78 is 0. The van der Waals surface area contributed by atoms with Crippen molar-refractivity contribution in [1.82, 2.24) is 0 Å². The number of likely N-dealkylation sites (N-methyl/N-ethyl adjacent to an activating group) is 1. The van der Waals surface area contributed by atoms with E-state index in [-0.39, 0.29) is 12.3 Å². The van der Waals surface area contributed by atoms with Gasteiger partial charge in [-0.25, -0.2) is 0 Å². The number of nitro benzene ring substituents is 1. The summed E-state index contributed by atoms with van der Waals surface area (Å²) in [6, 6.07) is 20.5. The van der Waals surface area contributed by atoms with Gasteiger partial charge in [-0.1, -0.05) is 0 Å². The van der Waals surface area contributed by atoms with Gasteiger partial charge in [0.15, 0.2) is 0 Å². The normalized spacial score (nSPS) is 11.3. The third kappa shape index (κ3) is 5.76. The summed E-state index contributed by atoms with van der Waals surface area (Å²) in [6.07, 6.45) is 0. The molecule has 9 heteroatoms. The fourth-order valence-electron chi connectivity index (χ4n) is 2.51. The molecular formula is C21H20N6O3. The molecule has 0 aliphatic rings. The molecule has 0 unspecified atom stereocenters. The number of nitrogens with zero attached hydrogens (tertiary/aromatic N) is 6. The Morgan fingerprint density at radius 1 is 0.767 bits per heavy atom. The van der Waals surface area contributed by atoms with Crippen LogP contribution in [0.15, 0.2) is 93.3 Å².